The summed E-state index contributed by atoms with van der Waals surface area (Å²) >= 11 is 7.05. The third kappa shape index (κ3) is 3.34. The molecule has 2 rings (SSSR count). The Balaban J connectivity index is 0.00000112. The molecule has 0 aromatic carbocycles. The number of nitrogens with one attached hydrogen (secondary N) is 2. The van der Waals surface area contributed by atoms with Gasteiger partial charge in [0.05, 0.1) is 9.21 Å². The van der Waals surface area contributed by atoms with Crippen LogP contribution in [0.2, 0.25) is 4.34 Å². The van der Waals surface area contributed by atoms with Crippen LogP contribution in [0.4, 0.5) is 0 Å². The summed E-state index contributed by atoms with van der Waals surface area (Å²) in [5.74, 6) is 0.572. The first-order valence-corrected chi connectivity index (χ1v) is 5.69. The SMILES string of the molecule is Cl.O=C(NCC1CNC1)c1ccc(Cl)s1. The van der Waals surface area contributed by atoms with E-state index in [2.05, 4.69) is 10.6 Å². The number of carbonyl (C=O) groups excluding carboxylic acids is 1. The fourth-order valence-corrected chi connectivity index (χ4v) is 2.21. The van der Waals surface area contributed by atoms with Gasteiger partial charge in [-0.15, -0.1) is 23.7 Å². The van der Waals surface area contributed by atoms with Crippen LogP contribution in [-0.2, 0) is 0 Å². The highest BCUT2D eigenvalue weighted by molar-refractivity contribution is 7.17. The smallest absolute Gasteiger partial charge is 0.261 e. The second-order valence-corrected chi connectivity index (χ2v) is 5.05. The Labute approximate surface area is 104 Å². The van der Waals surface area contributed by atoms with Gasteiger partial charge in [-0.1, -0.05) is 11.6 Å². The summed E-state index contributed by atoms with van der Waals surface area (Å²) in [6.45, 7) is 2.76. The van der Waals surface area contributed by atoms with Crippen molar-refractivity contribution in [3.05, 3.63) is 21.3 Å². The van der Waals surface area contributed by atoms with Gasteiger partial charge >= 0.3 is 0 Å². The maximum Gasteiger partial charge on any atom is 0.261 e. The van der Waals surface area contributed by atoms with E-state index in [1.165, 1.54) is 11.3 Å². The first-order valence-electron chi connectivity index (χ1n) is 4.50. The summed E-state index contributed by atoms with van der Waals surface area (Å²) in [6.07, 6.45) is 0. The summed E-state index contributed by atoms with van der Waals surface area (Å²) in [5.41, 5.74) is 0. The Kier molecular flexibility index (Phi) is 4.86. The lowest BCUT2D eigenvalue weighted by atomic mass is 10.0. The lowest BCUT2D eigenvalue weighted by Crippen LogP contribution is -2.48. The normalized spacial score (nSPS) is 15.3. The van der Waals surface area contributed by atoms with Crippen LogP contribution < -0.4 is 10.6 Å². The Morgan fingerprint density at radius 1 is 1.60 bits per heavy atom. The quantitative estimate of drug-likeness (QED) is 0.876. The van der Waals surface area contributed by atoms with Crippen molar-refractivity contribution in [1.29, 1.82) is 0 Å². The van der Waals surface area contributed by atoms with Crippen LogP contribution in [0.15, 0.2) is 12.1 Å². The van der Waals surface area contributed by atoms with E-state index in [0.717, 1.165) is 19.6 Å². The molecule has 0 spiro atoms. The highest BCUT2D eigenvalue weighted by Gasteiger charge is 2.17. The first kappa shape index (κ1) is 12.8. The molecule has 2 heterocycles. The number of hydrogen-bond acceptors (Lipinski definition) is 3. The number of carbonyl (C=O) groups is 1. The number of hydrogen-bond donors (Lipinski definition) is 2. The molecule has 84 valence electrons. The van der Waals surface area contributed by atoms with Crippen molar-refractivity contribution in [2.75, 3.05) is 19.6 Å². The topological polar surface area (TPSA) is 41.1 Å². The predicted octanol–water partition coefficient (Wildman–Crippen LogP) is 1.77. The van der Waals surface area contributed by atoms with Crippen molar-refractivity contribution in [1.82, 2.24) is 10.6 Å². The van der Waals surface area contributed by atoms with Crippen LogP contribution >= 0.6 is 35.3 Å². The average molecular weight is 267 g/mol. The van der Waals surface area contributed by atoms with Crippen LogP contribution in [0.1, 0.15) is 9.67 Å². The van der Waals surface area contributed by atoms with E-state index in [4.69, 9.17) is 11.6 Å². The molecule has 1 aromatic rings. The molecule has 1 aliphatic rings. The van der Waals surface area contributed by atoms with Crippen molar-refractivity contribution < 1.29 is 4.79 Å². The van der Waals surface area contributed by atoms with Gasteiger partial charge < -0.3 is 10.6 Å². The zero-order valence-electron chi connectivity index (χ0n) is 7.96. The molecule has 1 aromatic heterocycles. The van der Waals surface area contributed by atoms with Crippen molar-refractivity contribution in [2.24, 2.45) is 5.92 Å². The molecule has 0 atom stereocenters. The number of amides is 1. The Bertz CT molecular complexity index is 339. The van der Waals surface area contributed by atoms with Gasteiger partial charge in [0, 0.05) is 25.6 Å². The molecule has 3 nitrogen and oxygen atoms in total. The molecule has 0 unspecified atom stereocenters. The summed E-state index contributed by atoms with van der Waals surface area (Å²) in [5, 5.41) is 6.05. The van der Waals surface area contributed by atoms with Gasteiger partial charge in [-0.2, -0.15) is 0 Å². The summed E-state index contributed by atoms with van der Waals surface area (Å²) < 4.78 is 0.653. The van der Waals surface area contributed by atoms with E-state index in [9.17, 15) is 4.79 Å². The molecular weight excluding hydrogens is 255 g/mol. The second kappa shape index (κ2) is 5.70. The van der Waals surface area contributed by atoms with E-state index in [-0.39, 0.29) is 18.3 Å². The minimum atomic E-state index is -0.0196. The summed E-state index contributed by atoms with van der Waals surface area (Å²) in [7, 11) is 0. The van der Waals surface area contributed by atoms with Crippen molar-refractivity contribution in [3.8, 4) is 0 Å². The van der Waals surface area contributed by atoms with Crippen LogP contribution in [0, 0.1) is 5.92 Å². The highest BCUT2D eigenvalue weighted by atomic mass is 35.5. The Morgan fingerprint density at radius 3 is 2.80 bits per heavy atom. The van der Waals surface area contributed by atoms with Crippen LogP contribution in [0.5, 0.6) is 0 Å². The molecule has 0 radical (unpaired) electrons. The Hall–Kier alpha value is -0.290. The molecule has 0 saturated carbocycles. The fraction of sp³-hybridized carbons (Fsp3) is 0.444. The predicted molar refractivity (Wildman–Crippen MR) is 65.3 cm³/mol. The minimum absolute atomic E-state index is 0. The third-order valence-corrected chi connectivity index (χ3v) is 3.44. The minimum Gasteiger partial charge on any atom is -0.351 e. The van der Waals surface area contributed by atoms with E-state index in [0.29, 0.717) is 15.1 Å². The van der Waals surface area contributed by atoms with Gasteiger partial charge in [-0.05, 0) is 12.1 Å². The van der Waals surface area contributed by atoms with Crippen molar-refractivity contribution in [2.45, 2.75) is 0 Å². The van der Waals surface area contributed by atoms with Gasteiger partial charge in [0.1, 0.15) is 0 Å². The standard InChI is InChI=1S/C9H11ClN2OS.ClH/c10-8-2-1-7(14-8)9(13)12-5-6-3-11-4-6;/h1-2,6,11H,3-5H2,(H,12,13);1H. The zero-order chi connectivity index (χ0) is 9.97. The van der Waals surface area contributed by atoms with Gasteiger partial charge in [0.25, 0.3) is 5.91 Å². The van der Waals surface area contributed by atoms with E-state index in [1.54, 1.807) is 12.1 Å². The molecule has 6 heteroatoms. The van der Waals surface area contributed by atoms with Gasteiger partial charge in [0.2, 0.25) is 0 Å². The average Bonchev–Trinajstić information content (AvgIpc) is 2.49. The first-order chi connectivity index (χ1) is 6.75. The maximum atomic E-state index is 11.5. The molecule has 15 heavy (non-hydrogen) atoms. The number of halogens is 2. The molecule has 1 amide bonds. The molecule has 0 aliphatic carbocycles. The van der Waals surface area contributed by atoms with Crippen LogP contribution in [0.3, 0.4) is 0 Å². The van der Waals surface area contributed by atoms with Gasteiger partial charge in [-0.3, -0.25) is 4.79 Å². The molecule has 1 fully saturated rings. The largest absolute Gasteiger partial charge is 0.351 e. The summed E-state index contributed by atoms with van der Waals surface area (Å²) in [4.78, 5) is 12.2. The van der Waals surface area contributed by atoms with E-state index < -0.39 is 0 Å². The fourth-order valence-electron chi connectivity index (χ4n) is 1.25. The number of thiophene rings is 1. The van der Waals surface area contributed by atoms with Crippen molar-refractivity contribution >= 4 is 41.3 Å². The summed E-state index contributed by atoms with van der Waals surface area (Å²) in [6, 6.07) is 3.49. The molecule has 1 aliphatic heterocycles. The highest BCUT2D eigenvalue weighted by Crippen LogP contribution is 2.21. The lowest BCUT2D eigenvalue weighted by Gasteiger charge is -2.26. The second-order valence-electron chi connectivity index (χ2n) is 3.34. The van der Waals surface area contributed by atoms with E-state index >= 15 is 0 Å². The number of rotatable bonds is 3. The van der Waals surface area contributed by atoms with Gasteiger partial charge in [0.15, 0.2) is 0 Å². The third-order valence-electron chi connectivity index (χ3n) is 2.21. The molecule has 1 saturated heterocycles. The van der Waals surface area contributed by atoms with Crippen LogP contribution in [0.25, 0.3) is 0 Å². The maximum absolute atomic E-state index is 11.5. The van der Waals surface area contributed by atoms with Gasteiger partial charge in [-0.25, -0.2) is 0 Å². The molecule has 2 N–H and O–H groups in total. The monoisotopic (exact) mass is 266 g/mol. The lowest BCUT2D eigenvalue weighted by molar-refractivity contribution is 0.0946. The van der Waals surface area contributed by atoms with Crippen LogP contribution in [-0.4, -0.2) is 25.5 Å². The molecule has 0 bridgehead atoms. The zero-order valence-corrected chi connectivity index (χ0v) is 10.3. The molecular formula is C9H12Cl2N2OS. The Morgan fingerprint density at radius 2 is 2.33 bits per heavy atom. The van der Waals surface area contributed by atoms with E-state index in [1.807, 2.05) is 0 Å². The van der Waals surface area contributed by atoms with Crippen molar-refractivity contribution in [3.63, 3.8) is 0 Å².